The summed E-state index contributed by atoms with van der Waals surface area (Å²) in [6, 6.07) is 0. The molecule has 0 spiro atoms. The van der Waals surface area contributed by atoms with Crippen LogP contribution in [0.3, 0.4) is 0 Å². The van der Waals surface area contributed by atoms with Crippen molar-refractivity contribution in [3.05, 3.63) is 24.3 Å². The maximum Gasteiger partial charge on any atom is 0.130 e. The maximum absolute atomic E-state index is 10.6. The van der Waals surface area contributed by atoms with E-state index in [2.05, 4.69) is 24.3 Å². The summed E-state index contributed by atoms with van der Waals surface area (Å²) in [6.07, 6.45) is 10.1. The van der Waals surface area contributed by atoms with Crippen LogP contribution in [0.2, 0.25) is 0 Å². The summed E-state index contributed by atoms with van der Waals surface area (Å²) in [5.41, 5.74) is 0. The van der Waals surface area contributed by atoms with E-state index in [0.717, 1.165) is 6.42 Å². The molecule has 1 aliphatic carbocycles. The summed E-state index contributed by atoms with van der Waals surface area (Å²) in [4.78, 5) is 10.6. The van der Waals surface area contributed by atoms with Crippen molar-refractivity contribution in [2.45, 2.75) is 19.8 Å². The third-order valence-electron chi connectivity index (χ3n) is 1.56. The predicted molar refractivity (Wildman–Crippen MR) is 41.7 cm³/mol. The van der Waals surface area contributed by atoms with Gasteiger partial charge in [-0.3, -0.25) is 4.79 Å². The average molecular weight is 136 g/mol. The van der Waals surface area contributed by atoms with Gasteiger partial charge in [-0.2, -0.15) is 0 Å². The van der Waals surface area contributed by atoms with Gasteiger partial charge in [0.2, 0.25) is 0 Å². The van der Waals surface area contributed by atoms with Crippen molar-refractivity contribution in [2.75, 3.05) is 0 Å². The number of rotatable bonds is 2. The summed E-state index contributed by atoms with van der Waals surface area (Å²) >= 11 is 0. The van der Waals surface area contributed by atoms with Gasteiger partial charge in [-0.05, 0) is 13.3 Å². The van der Waals surface area contributed by atoms with Gasteiger partial charge in [0.05, 0.1) is 0 Å². The lowest BCUT2D eigenvalue weighted by atomic mass is 9.98. The Morgan fingerprint density at radius 1 is 1.50 bits per heavy atom. The molecule has 10 heavy (non-hydrogen) atoms. The molecule has 0 radical (unpaired) electrons. The van der Waals surface area contributed by atoms with Gasteiger partial charge in [-0.15, -0.1) is 0 Å². The van der Waals surface area contributed by atoms with E-state index in [1.54, 1.807) is 6.92 Å². The average Bonchev–Trinajstić information content (AvgIpc) is 1.88. The molecule has 0 aromatic heterocycles. The van der Waals surface area contributed by atoms with Gasteiger partial charge in [-0.1, -0.05) is 24.3 Å². The first-order valence-electron chi connectivity index (χ1n) is 3.62. The molecule has 0 aromatic carbocycles. The lowest BCUT2D eigenvalue weighted by Gasteiger charge is -2.06. The molecule has 0 fully saturated rings. The minimum atomic E-state index is 0.265. The van der Waals surface area contributed by atoms with Crippen LogP contribution in [-0.2, 0) is 4.79 Å². The number of Topliss-reactive ketones (excluding diaryl/α,β-unsaturated/α-hetero) is 1. The fourth-order valence-corrected chi connectivity index (χ4v) is 1.12. The first-order valence-corrected chi connectivity index (χ1v) is 3.62. The van der Waals surface area contributed by atoms with Gasteiger partial charge < -0.3 is 0 Å². The monoisotopic (exact) mass is 136 g/mol. The van der Waals surface area contributed by atoms with Gasteiger partial charge in [0.15, 0.2) is 0 Å². The maximum atomic E-state index is 10.6. The molecule has 0 bridgehead atoms. The lowest BCUT2D eigenvalue weighted by Crippen LogP contribution is -2.01. The van der Waals surface area contributed by atoms with Gasteiger partial charge in [0.25, 0.3) is 0 Å². The van der Waals surface area contributed by atoms with Crippen molar-refractivity contribution in [1.82, 2.24) is 0 Å². The molecule has 0 amide bonds. The largest absolute Gasteiger partial charge is 0.300 e. The van der Waals surface area contributed by atoms with Crippen LogP contribution in [-0.4, -0.2) is 5.78 Å². The first kappa shape index (κ1) is 7.26. The topological polar surface area (TPSA) is 17.1 Å². The molecule has 0 aromatic rings. The van der Waals surface area contributed by atoms with E-state index in [0.29, 0.717) is 12.3 Å². The van der Waals surface area contributed by atoms with Crippen LogP contribution < -0.4 is 0 Å². The van der Waals surface area contributed by atoms with E-state index >= 15 is 0 Å². The quantitative estimate of drug-likeness (QED) is 0.531. The molecule has 0 N–H and O–H groups in total. The normalized spacial score (nSPS) is 17.7. The molecule has 0 atom stereocenters. The van der Waals surface area contributed by atoms with Gasteiger partial charge in [-0.25, -0.2) is 0 Å². The molecular weight excluding hydrogens is 124 g/mol. The summed E-state index contributed by atoms with van der Waals surface area (Å²) < 4.78 is 0. The van der Waals surface area contributed by atoms with E-state index < -0.39 is 0 Å². The molecule has 0 unspecified atom stereocenters. The van der Waals surface area contributed by atoms with Crippen LogP contribution in [0.4, 0.5) is 0 Å². The van der Waals surface area contributed by atoms with Crippen molar-refractivity contribution in [2.24, 2.45) is 5.92 Å². The zero-order chi connectivity index (χ0) is 7.40. The Balaban J connectivity index is 2.40. The van der Waals surface area contributed by atoms with E-state index in [1.165, 1.54) is 0 Å². The molecule has 0 heterocycles. The third kappa shape index (κ3) is 2.18. The summed E-state index contributed by atoms with van der Waals surface area (Å²) in [6.45, 7) is 1.64. The fourth-order valence-electron chi connectivity index (χ4n) is 1.12. The van der Waals surface area contributed by atoms with E-state index in [9.17, 15) is 4.79 Å². The van der Waals surface area contributed by atoms with Gasteiger partial charge in [0, 0.05) is 12.3 Å². The van der Waals surface area contributed by atoms with Crippen LogP contribution in [0.5, 0.6) is 0 Å². The number of hydrogen-bond acceptors (Lipinski definition) is 1. The second-order valence-electron chi connectivity index (χ2n) is 2.66. The second kappa shape index (κ2) is 3.35. The van der Waals surface area contributed by atoms with Gasteiger partial charge in [0.1, 0.15) is 5.78 Å². The van der Waals surface area contributed by atoms with Crippen molar-refractivity contribution in [3.8, 4) is 0 Å². The van der Waals surface area contributed by atoms with E-state index in [-0.39, 0.29) is 5.78 Å². The number of hydrogen-bond donors (Lipinski definition) is 0. The smallest absolute Gasteiger partial charge is 0.130 e. The summed E-state index contributed by atoms with van der Waals surface area (Å²) in [7, 11) is 0. The Morgan fingerprint density at radius 2 is 2.10 bits per heavy atom. The highest BCUT2D eigenvalue weighted by molar-refractivity contribution is 5.76. The van der Waals surface area contributed by atoms with Crippen molar-refractivity contribution in [3.63, 3.8) is 0 Å². The molecule has 1 aliphatic rings. The zero-order valence-corrected chi connectivity index (χ0v) is 6.21. The predicted octanol–water partition coefficient (Wildman–Crippen LogP) is 2.10. The van der Waals surface area contributed by atoms with Crippen molar-refractivity contribution >= 4 is 5.78 Å². The minimum Gasteiger partial charge on any atom is -0.300 e. The number of carbonyl (C=O) groups is 1. The Kier molecular flexibility index (Phi) is 2.43. The minimum absolute atomic E-state index is 0.265. The van der Waals surface area contributed by atoms with Crippen LogP contribution >= 0.6 is 0 Å². The van der Waals surface area contributed by atoms with Crippen LogP contribution in [0.15, 0.2) is 24.3 Å². The molecule has 1 heteroatoms. The Hall–Kier alpha value is -0.850. The molecular formula is C9H12O. The second-order valence-corrected chi connectivity index (χ2v) is 2.66. The fraction of sp³-hybridized carbons (Fsp3) is 0.444. The zero-order valence-electron chi connectivity index (χ0n) is 6.21. The van der Waals surface area contributed by atoms with Gasteiger partial charge >= 0.3 is 0 Å². The SMILES string of the molecule is CC(=O)CC1C=CCC=C1. The highest BCUT2D eigenvalue weighted by Crippen LogP contribution is 2.12. The summed E-state index contributed by atoms with van der Waals surface area (Å²) in [5, 5.41) is 0. The van der Waals surface area contributed by atoms with E-state index in [1.807, 2.05) is 0 Å². The molecule has 0 aliphatic heterocycles. The highest BCUT2D eigenvalue weighted by Gasteiger charge is 2.04. The summed E-state index contributed by atoms with van der Waals surface area (Å²) in [5.74, 6) is 0.632. The first-order chi connectivity index (χ1) is 4.79. The number of carbonyl (C=O) groups excluding carboxylic acids is 1. The third-order valence-corrected chi connectivity index (χ3v) is 1.56. The number of ketones is 1. The molecule has 0 saturated carbocycles. The van der Waals surface area contributed by atoms with E-state index in [4.69, 9.17) is 0 Å². The van der Waals surface area contributed by atoms with Crippen molar-refractivity contribution in [1.29, 1.82) is 0 Å². The number of allylic oxidation sites excluding steroid dienone is 4. The van der Waals surface area contributed by atoms with Crippen LogP contribution in [0, 0.1) is 5.92 Å². The molecule has 0 saturated heterocycles. The molecule has 1 nitrogen and oxygen atoms in total. The van der Waals surface area contributed by atoms with Crippen LogP contribution in [0.1, 0.15) is 19.8 Å². The Bertz CT molecular complexity index is 165. The van der Waals surface area contributed by atoms with Crippen molar-refractivity contribution < 1.29 is 4.79 Å². The molecule has 54 valence electrons. The lowest BCUT2D eigenvalue weighted by molar-refractivity contribution is -0.117. The molecule has 1 rings (SSSR count). The van der Waals surface area contributed by atoms with Crippen LogP contribution in [0.25, 0.3) is 0 Å². The Morgan fingerprint density at radius 3 is 2.60 bits per heavy atom. The standard InChI is InChI=1S/C9H12O/c1-8(10)7-9-5-3-2-4-6-9/h3-6,9H,2,7H2,1H3. The Labute approximate surface area is 61.4 Å². The highest BCUT2D eigenvalue weighted by atomic mass is 16.1.